The maximum Gasteiger partial charge on any atom is 0.408 e. The Morgan fingerprint density at radius 2 is 1.23 bits per heavy atom. The summed E-state index contributed by atoms with van der Waals surface area (Å²) < 4.78 is 5.46. The highest BCUT2D eigenvalue weighted by Gasteiger charge is 2.41. The molecule has 0 radical (unpaired) electrons. The van der Waals surface area contributed by atoms with E-state index in [1.807, 2.05) is 30.3 Å². The zero-order valence-electron chi connectivity index (χ0n) is 23.3. The van der Waals surface area contributed by atoms with E-state index < -0.39 is 33.7 Å². The van der Waals surface area contributed by atoms with Gasteiger partial charge in [-0.25, -0.2) is 9.59 Å². The van der Waals surface area contributed by atoms with Gasteiger partial charge in [-0.15, -0.1) is 0 Å². The predicted octanol–water partition coefficient (Wildman–Crippen LogP) is 8.31. The quantitative estimate of drug-likeness (QED) is 0.190. The third-order valence-electron chi connectivity index (χ3n) is 9.08. The molecule has 1 aromatic rings. The number of benzene rings is 1. The van der Waals surface area contributed by atoms with Crippen LogP contribution in [0.4, 0.5) is 4.79 Å². The van der Waals surface area contributed by atoms with Gasteiger partial charge >= 0.3 is 12.1 Å². The summed E-state index contributed by atoms with van der Waals surface area (Å²) in [5, 5.41) is 13.3. The van der Waals surface area contributed by atoms with Gasteiger partial charge in [0.25, 0.3) is 0 Å². The molecule has 2 N–H and O–H groups in total. The largest absolute Gasteiger partial charge is 0.480 e. The van der Waals surface area contributed by atoms with Gasteiger partial charge in [0.2, 0.25) is 0 Å². The fraction of sp³-hybridized carbons (Fsp3) is 0.714. The number of carboxylic acids is 1. The molecular formula is C28H51NO4Si2. The third kappa shape index (κ3) is 9.41. The Balaban J connectivity index is 3.01. The number of nitrogens with one attached hydrogen (secondary N) is 1. The Morgan fingerprint density at radius 3 is 1.60 bits per heavy atom. The van der Waals surface area contributed by atoms with Gasteiger partial charge in [-0.2, -0.15) is 0 Å². The van der Waals surface area contributed by atoms with Gasteiger partial charge in [-0.3, -0.25) is 0 Å². The van der Waals surface area contributed by atoms with Gasteiger partial charge < -0.3 is 15.2 Å². The molecule has 0 saturated carbocycles. The van der Waals surface area contributed by atoms with Crippen molar-refractivity contribution in [2.75, 3.05) is 0 Å². The van der Waals surface area contributed by atoms with Crippen LogP contribution in [0.1, 0.15) is 72.8 Å². The lowest BCUT2D eigenvalue weighted by Crippen LogP contribution is -2.55. The first kappa shape index (κ1) is 31.4. The van der Waals surface area contributed by atoms with Crippen LogP contribution in [-0.4, -0.2) is 38.9 Å². The van der Waals surface area contributed by atoms with Gasteiger partial charge in [-0.1, -0.05) is 133 Å². The van der Waals surface area contributed by atoms with Crippen LogP contribution in [0.5, 0.6) is 0 Å². The van der Waals surface area contributed by atoms with Crippen molar-refractivity contribution in [3.8, 4) is 0 Å². The van der Waals surface area contributed by atoms with Crippen molar-refractivity contribution < 1.29 is 19.4 Å². The van der Waals surface area contributed by atoms with Crippen LogP contribution in [0.2, 0.25) is 48.4 Å². The molecule has 7 heteroatoms. The summed E-state index contributed by atoms with van der Waals surface area (Å²) in [6.07, 6.45) is 1.98. The number of carbonyl (C=O) groups is 2. The van der Waals surface area contributed by atoms with E-state index in [9.17, 15) is 14.7 Å². The average Bonchev–Trinajstić information content (AvgIpc) is 2.89. The number of carbonyl (C=O) groups excluding carboxylic acids is 1. The lowest BCUT2D eigenvalue weighted by Gasteiger charge is -2.35. The van der Waals surface area contributed by atoms with Gasteiger partial charge in [0, 0.05) is 0 Å². The van der Waals surface area contributed by atoms with E-state index in [0.29, 0.717) is 12.8 Å². The zero-order valence-corrected chi connectivity index (χ0v) is 25.3. The van der Waals surface area contributed by atoms with Crippen LogP contribution in [0.15, 0.2) is 30.3 Å². The van der Waals surface area contributed by atoms with Crippen molar-refractivity contribution >= 4 is 28.2 Å². The second kappa shape index (κ2) is 15.5. The fourth-order valence-electron chi connectivity index (χ4n) is 5.56. The highest BCUT2D eigenvalue weighted by atomic mass is 28.3. The Kier molecular flexibility index (Phi) is 13.9. The van der Waals surface area contributed by atoms with Crippen molar-refractivity contribution in [2.45, 2.75) is 128 Å². The molecule has 0 heterocycles. The second-order valence-electron chi connectivity index (χ2n) is 10.4. The lowest BCUT2D eigenvalue weighted by atomic mass is 9.89. The lowest BCUT2D eigenvalue weighted by molar-refractivity contribution is -0.145. The van der Waals surface area contributed by atoms with Crippen molar-refractivity contribution in [2.24, 2.45) is 0 Å². The summed E-state index contributed by atoms with van der Waals surface area (Å²) in [5.74, 6) is -0.928. The normalized spacial score (nSPS) is 12.4. The summed E-state index contributed by atoms with van der Waals surface area (Å²) in [5.41, 5.74) is -0.379. The first-order chi connectivity index (χ1) is 16.7. The molecule has 5 nitrogen and oxygen atoms in total. The number of amides is 1. The van der Waals surface area contributed by atoms with Crippen LogP contribution in [-0.2, 0) is 16.1 Å². The van der Waals surface area contributed by atoms with Crippen LogP contribution < -0.4 is 5.32 Å². The molecule has 0 spiro atoms. The number of rotatable bonds is 18. The molecule has 0 fully saturated rings. The molecular weight excluding hydrogens is 470 g/mol. The van der Waals surface area contributed by atoms with Crippen molar-refractivity contribution in [1.82, 2.24) is 5.32 Å². The molecule has 35 heavy (non-hydrogen) atoms. The molecule has 1 amide bonds. The minimum atomic E-state index is -1.36. The van der Waals surface area contributed by atoms with Crippen molar-refractivity contribution in [1.29, 1.82) is 0 Å². The van der Waals surface area contributed by atoms with E-state index in [1.54, 1.807) is 0 Å². The topological polar surface area (TPSA) is 75.6 Å². The zero-order chi connectivity index (χ0) is 26.4. The third-order valence-corrected chi connectivity index (χ3v) is 20.9. The van der Waals surface area contributed by atoms with E-state index in [0.717, 1.165) is 30.5 Å². The summed E-state index contributed by atoms with van der Waals surface area (Å²) in [6, 6.07) is 19.1. The van der Waals surface area contributed by atoms with Crippen LogP contribution >= 0.6 is 0 Å². The number of hydrogen-bond donors (Lipinski definition) is 2. The maximum atomic E-state index is 12.8. The van der Waals surface area contributed by atoms with Crippen LogP contribution in [0, 0.1) is 0 Å². The van der Waals surface area contributed by atoms with E-state index in [2.05, 4.69) is 46.9 Å². The number of carboxylic acid groups (broad SMARTS) is 1. The fourth-order valence-corrected chi connectivity index (χ4v) is 12.5. The molecule has 0 aromatic heterocycles. The number of alkyl carbamates (subject to hydrolysis) is 1. The monoisotopic (exact) mass is 521 g/mol. The predicted molar refractivity (Wildman–Crippen MR) is 153 cm³/mol. The van der Waals surface area contributed by atoms with Gasteiger partial charge in [0.05, 0.1) is 16.1 Å². The molecule has 200 valence electrons. The molecule has 0 aliphatic carbocycles. The highest BCUT2D eigenvalue weighted by molar-refractivity contribution is 6.80. The summed E-state index contributed by atoms with van der Waals surface area (Å²) in [7, 11) is -2.72. The average molecular weight is 522 g/mol. The highest BCUT2D eigenvalue weighted by Crippen LogP contribution is 2.33. The first-order valence-corrected chi connectivity index (χ1v) is 19.6. The Hall–Kier alpha value is -1.61. The second-order valence-corrected chi connectivity index (χ2v) is 21.6. The molecule has 1 rings (SSSR count). The minimum absolute atomic E-state index is 0.136. The molecule has 0 bridgehead atoms. The molecule has 0 aliphatic heterocycles. The summed E-state index contributed by atoms with van der Waals surface area (Å²) in [6.45, 7) is 13.8. The molecule has 1 aromatic carbocycles. The Bertz CT molecular complexity index is 706. The van der Waals surface area contributed by atoms with Gasteiger partial charge in [0.1, 0.15) is 12.1 Å². The molecule has 0 unspecified atom stereocenters. The van der Waals surface area contributed by atoms with E-state index >= 15 is 0 Å². The molecule has 0 saturated heterocycles. The SMILES string of the molecule is CC[Si](CC)(CC)CCCC(CCC[Si](CC)(CC)CC)(NC(=O)OCc1ccccc1)C(=O)O. The molecule has 0 aliphatic rings. The van der Waals surface area contributed by atoms with Gasteiger partial charge in [-0.05, 0) is 18.4 Å². The van der Waals surface area contributed by atoms with Crippen molar-refractivity contribution in [3.05, 3.63) is 35.9 Å². The van der Waals surface area contributed by atoms with Gasteiger partial charge in [0.15, 0.2) is 0 Å². The first-order valence-electron chi connectivity index (χ1n) is 13.9. The van der Waals surface area contributed by atoms with Crippen LogP contribution in [0.25, 0.3) is 0 Å². The van der Waals surface area contributed by atoms with Crippen LogP contribution in [0.3, 0.4) is 0 Å². The van der Waals surface area contributed by atoms with E-state index in [-0.39, 0.29) is 6.61 Å². The minimum Gasteiger partial charge on any atom is -0.480 e. The van der Waals surface area contributed by atoms with E-state index in [4.69, 9.17) is 4.74 Å². The number of ether oxygens (including phenoxy) is 1. The standard InChI is InChI=1S/C28H51NO4Si2/c1-7-34(8-2,9-3)22-16-20-28(26(30)31,21-17-23-35(10-4,11-5)12-6)29-27(32)33-24-25-18-14-13-15-19-25/h13-15,18-19H,7-12,16-17,20-24H2,1-6H3,(H,29,32)(H,30,31). The summed E-state index contributed by atoms with van der Waals surface area (Å²) >= 11 is 0. The Morgan fingerprint density at radius 1 is 0.800 bits per heavy atom. The molecule has 0 atom stereocenters. The van der Waals surface area contributed by atoms with Crippen molar-refractivity contribution in [3.63, 3.8) is 0 Å². The van der Waals surface area contributed by atoms with E-state index in [1.165, 1.54) is 36.3 Å². The summed E-state index contributed by atoms with van der Waals surface area (Å²) in [4.78, 5) is 25.5. The maximum absolute atomic E-state index is 12.8. The number of aliphatic carboxylic acids is 1. The smallest absolute Gasteiger partial charge is 0.408 e. The number of hydrogen-bond acceptors (Lipinski definition) is 3. The Labute approximate surface area is 216 Å².